The van der Waals surface area contributed by atoms with Gasteiger partial charge in [0.1, 0.15) is 11.1 Å². The van der Waals surface area contributed by atoms with E-state index in [-0.39, 0.29) is 17.1 Å². The molecule has 1 atom stereocenters. The first-order chi connectivity index (χ1) is 9.57. The van der Waals surface area contributed by atoms with Gasteiger partial charge in [0.05, 0.1) is 12.0 Å². The summed E-state index contributed by atoms with van der Waals surface area (Å²) in [5.41, 5.74) is -0.394. The number of ether oxygens (including phenoxy) is 2. The second kappa shape index (κ2) is 4.29. The average Bonchev–Trinajstić information content (AvgIpc) is 3.11. The molecule has 1 unspecified atom stereocenters. The minimum absolute atomic E-state index is 0.0902. The first-order valence-corrected chi connectivity index (χ1v) is 6.15. The van der Waals surface area contributed by atoms with Crippen LogP contribution >= 0.6 is 0 Å². The van der Waals surface area contributed by atoms with Crippen LogP contribution in [0.5, 0.6) is 0 Å². The molecule has 2 aliphatic rings. The van der Waals surface area contributed by atoms with E-state index in [1.54, 1.807) is 18.2 Å². The molecule has 1 spiro atoms. The third-order valence-corrected chi connectivity index (χ3v) is 3.55. The minimum Gasteiger partial charge on any atom is -0.466 e. The Balaban J connectivity index is 1.98. The highest BCUT2D eigenvalue weighted by Gasteiger charge is 2.60. The number of nitrogens with zero attached hydrogens (tertiary/aromatic N) is 2. The molecule has 3 rings (SSSR count). The number of methoxy groups -OCH3 is 1. The summed E-state index contributed by atoms with van der Waals surface area (Å²) in [7, 11) is 1.28. The van der Waals surface area contributed by atoms with E-state index in [1.807, 2.05) is 0 Å². The minimum atomic E-state index is -0.803. The molecule has 1 fully saturated rings. The lowest BCUT2D eigenvalue weighted by Gasteiger charge is -2.13. The van der Waals surface area contributed by atoms with E-state index in [4.69, 9.17) is 9.47 Å². The lowest BCUT2D eigenvalue weighted by Crippen LogP contribution is -2.34. The maximum atomic E-state index is 11.7. The molecule has 0 amide bonds. The summed E-state index contributed by atoms with van der Waals surface area (Å²) in [6.07, 6.45) is 0.635. The smallest absolute Gasteiger partial charge is 0.349 e. The predicted octanol–water partition coefficient (Wildman–Crippen LogP) is 1.45. The van der Waals surface area contributed by atoms with Crippen molar-refractivity contribution in [1.82, 2.24) is 0 Å². The molecule has 0 aromatic heterocycles. The van der Waals surface area contributed by atoms with Gasteiger partial charge in [-0.2, -0.15) is 0 Å². The number of rotatable bonds is 3. The number of nitro groups is 1. The number of aliphatic imine (C=N–C) groups is 1. The van der Waals surface area contributed by atoms with E-state index < -0.39 is 22.5 Å². The van der Waals surface area contributed by atoms with E-state index in [2.05, 4.69) is 4.99 Å². The Morgan fingerprint density at radius 1 is 1.50 bits per heavy atom. The van der Waals surface area contributed by atoms with E-state index >= 15 is 0 Å². The van der Waals surface area contributed by atoms with Gasteiger partial charge in [0, 0.05) is 6.07 Å². The molecule has 0 saturated heterocycles. The van der Waals surface area contributed by atoms with Gasteiger partial charge >= 0.3 is 5.97 Å². The van der Waals surface area contributed by atoms with E-state index in [0.717, 1.165) is 12.8 Å². The molecular weight excluding hydrogens is 264 g/mol. The topological polar surface area (TPSA) is 91.0 Å². The van der Waals surface area contributed by atoms with Crippen LogP contribution < -0.4 is 0 Å². The molecule has 7 heteroatoms. The quantitative estimate of drug-likeness (QED) is 0.473. The van der Waals surface area contributed by atoms with Crippen molar-refractivity contribution in [3.63, 3.8) is 0 Å². The molecule has 104 valence electrons. The van der Waals surface area contributed by atoms with Gasteiger partial charge < -0.3 is 9.47 Å². The van der Waals surface area contributed by atoms with Crippen molar-refractivity contribution in [2.24, 2.45) is 4.99 Å². The number of carbonyl (C=O) groups is 1. The number of nitro benzene ring substituents is 1. The Kier molecular flexibility index (Phi) is 2.70. The molecule has 1 aromatic rings. The number of carbonyl (C=O) groups excluding carboxylic acids is 1. The third kappa shape index (κ3) is 1.82. The zero-order chi connectivity index (χ0) is 14.3. The number of esters is 1. The van der Waals surface area contributed by atoms with Gasteiger partial charge in [0.25, 0.3) is 5.69 Å². The van der Waals surface area contributed by atoms with Gasteiger partial charge in [-0.25, -0.2) is 9.79 Å². The average molecular weight is 276 g/mol. The van der Waals surface area contributed by atoms with Gasteiger partial charge in [0.2, 0.25) is 12.0 Å². The van der Waals surface area contributed by atoms with Crippen LogP contribution in [0.4, 0.5) is 5.69 Å². The first kappa shape index (κ1) is 12.6. The van der Waals surface area contributed by atoms with Gasteiger partial charge in [-0.15, -0.1) is 0 Å². The normalized spacial score (nSPS) is 22.1. The molecule has 1 saturated carbocycles. The SMILES string of the molecule is COC(=O)C1OC(c2ccccc2[N+](=O)[O-])=NC12CC2. The van der Waals surface area contributed by atoms with Gasteiger partial charge in [-0.1, -0.05) is 12.1 Å². The van der Waals surface area contributed by atoms with Crippen molar-refractivity contribution in [2.45, 2.75) is 24.5 Å². The third-order valence-electron chi connectivity index (χ3n) is 3.55. The lowest BCUT2D eigenvalue weighted by atomic mass is 10.1. The van der Waals surface area contributed by atoms with Crippen molar-refractivity contribution in [2.75, 3.05) is 7.11 Å². The number of hydrogen-bond acceptors (Lipinski definition) is 6. The Bertz CT molecular complexity index is 621. The fourth-order valence-corrected chi connectivity index (χ4v) is 2.32. The summed E-state index contributed by atoms with van der Waals surface area (Å²) >= 11 is 0. The van der Waals surface area contributed by atoms with Crippen LogP contribution in [0.15, 0.2) is 29.3 Å². The second-order valence-corrected chi connectivity index (χ2v) is 4.82. The highest BCUT2D eigenvalue weighted by atomic mass is 16.6. The molecule has 0 bridgehead atoms. The summed E-state index contributed by atoms with van der Waals surface area (Å²) in [6.45, 7) is 0. The zero-order valence-electron chi connectivity index (χ0n) is 10.7. The van der Waals surface area contributed by atoms with Crippen molar-refractivity contribution < 1.29 is 19.2 Å². The van der Waals surface area contributed by atoms with Crippen LogP contribution in [0.2, 0.25) is 0 Å². The molecule has 0 radical (unpaired) electrons. The highest BCUT2D eigenvalue weighted by Crippen LogP contribution is 2.49. The summed E-state index contributed by atoms with van der Waals surface area (Å²) in [6, 6.07) is 6.18. The Morgan fingerprint density at radius 2 is 2.20 bits per heavy atom. The first-order valence-electron chi connectivity index (χ1n) is 6.15. The monoisotopic (exact) mass is 276 g/mol. The fourth-order valence-electron chi connectivity index (χ4n) is 2.32. The lowest BCUT2D eigenvalue weighted by molar-refractivity contribution is -0.385. The van der Waals surface area contributed by atoms with Crippen LogP contribution in [-0.2, 0) is 14.3 Å². The molecule has 0 N–H and O–H groups in total. The van der Waals surface area contributed by atoms with Crippen molar-refractivity contribution >= 4 is 17.6 Å². The Hall–Kier alpha value is -2.44. The maximum Gasteiger partial charge on any atom is 0.349 e. The molecular formula is C13H12N2O5. The number of para-hydroxylation sites is 1. The van der Waals surface area contributed by atoms with Crippen molar-refractivity contribution in [1.29, 1.82) is 0 Å². The molecule has 1 heterocycles. The summed E-state index contributed by atoms with van der Waals surface area (Å²) in [4.78, 5) is 26.6. The summed E-state index contributed by atoms with van der Waals surface area (Å²) in [5.74, 6) is -0.356. The molecule has 1 aliphatic heterocycles. The summed E-state index contributed by atoms with van der Waals surface area (Å²) in [5, 5.41) is 11.0. The molecule has 20 heavy (non-hydrogen) atoms. The second-order valence-electron chi connectivity index (χ2n) is 4.82. The van der Waals surface area contributed by atoms with Gasteiger partial charge in [-0.3, -0.25) is 10.1 Å². The number of benzene rings is 1. The van der Waals surface area contributed by atoms with Crippen LogP contribution in [-0.4, -0.2) is 35.5 Å². The van der Waals surface area contributed by atoms with Gasteiger partial charge in [-0.05, 0) is 18.9 Å². The van der Waals surface area contributed by atoms with E-state index in [0.29, 0.717) is 0 Å². The molecule has 7 nitrogen and oxygen atoms in total. The van der Waals surface area contributed by atoms with Crippen molar-refractivity contribution in [3.8, 4) is 0 Å². The van der Waals surface area contributed by atoms with Crippen LogP contribution in [0.1, 0.15) is 18.4 Å². The van der Waals surface area contributed by atoms with Gasteiger partial charge in [0.15, 0.2) is 0 Å². The number of hydrogen-bond donors (Lipinski definition) is 0. The Morgan fingerprint density at radius 3 is 2.80 bits per heavy atom. The Labute approximate surface area is 114 Å². The molecule has 1 aliphatic carbocycles. The van der Waals surface area contributed by atoms with E-state index in [9.17, 15) is 14.9 Å². The van der Waals surface area contributed by atoms with Crippen LogP contribution in [0.3, 0.4) is 0 Å². The standard InChI is InChI=1S/C13H12N2O5/c1-19-12(16)10-13(6-7-13)14-11(20-10)8-4-2-3-5-9(8)15(17)18/h2-5,10H,6-7H2,1H3. The van der Waals surface area contributed by atoms with Crippen LogP contribution in [0.25, 0.3) is 0 Å². The maximum absolute atomic E-state index is 11.7. The highest BCUT2D eigenvalue weighted by molar-refractivity contribution is 6.01. The predicted molar refractivity (Wildman–Crippen MR) is 68.5 cm³/mol. The van der Waals surface area contributed by atoms with E-state index in [1.165, 1.54) is 13.2 Å². The largest absolute Gasteiger partial charge is 0.466 e. The summed E-state index contributed by atoms with van der Waals surface area (Å²) < 4.78 is 10.2. The van der Waals surface area contributed by atoms with Crippen LogP contribution in [0, 0.1) is 10.1 Å². The molecule has 1 aromatic carbocycles. The fraction of sp³-hybridized carbons (Fsp3) is 0.385. The van der Waals surface area contributed by atoms with Crippen molar-refractivity contribution in [3.05, 3.63) is 39.9 Å². The zero-order valence-corrected chi connectivity index (χ0v) is 10.7.